The van der Waals surface area contributed by atoms with Crippen LogP contribution in [-0.4, -0.2) is 71.4 Å². The summed E-state index contributed by atoms with van der Waals surface area (Å²) in [5.41, 5.74) is 5.52. The number of carbonyl (C=O) groups is 4. The summed E-state index contributed by atoms with van der Waals surface area (Å²) in [6.07, 6.45) is 10.1. The zero-order valence-corrected chi connectivity index (χ0v) is 37.9. The molecule has 6 atom stereocenters. The number of phenolic OH excluding ortho intramolecular Hbond substituents is 1. The van der Waals surface area contributed by atoms with Crippen LogP contribution >= 0.6 is 0 Å². The van der Waals surface area contributed by atoms with Crippen molar-refractivity contribution in [1.82, 2.24) is 0 Å². The fourth-order valence-electron chi connectivity index (χ4n) is 10.3. The number of imide groups is 2. The predicted molar refractivity (Wildman–Crippen MR) is 254 cm³/mol. The van der Waals surface area contributed by atoms with Crippen molar-refractivity contribution in [3.8, 4) is 40.2 Å². The first-order chi connectivity index (χ1) is 32.5. The summed E-state index contributed by atoms with van der Waals surface area (Å²) < 4.78 is 33.0. The molecule has 4 aliphatic rings. The highest BCUT2D eigenvalue weighted by Gasteiger charge is 2.62. The number of amides is 4. The van der Waals surface area contributed by atoms with E-state index in [0.717, 1.165) is 27.8 Å². The van der Waals surface area contributed by atoms with Crippen LogP contribution < -0.4 is 38.2 Å². The number of allylic oxidation sites excluding steroid dienone is 2. The van der Waals surface area contributed by atoms with E-state index in [1.807, 2.05) is 91.0 Å². The normalized spacial score (nSPS) is 22.1. The summed E-state index contributed by atoms with van der Waals surface area (Å²) in [5.74, 6) is -3.02. The molecule has 0 spiro atoms. The summed E-state index contributed by atoms with van der Waals surface area (Å²) in [6, 6.07) is 28.7. The second kappa shape index (κ2) is 18.2. The van der Waals surface area contributed by atoms with Crippen LogP contribution in [0.3, 0.4) is 0 Å². The van der Waals surface area contributed by atoms with Crippen LogP contribution in [0.2, 0.25) is 0 Å². The molecule has 342 valence electrons. The van der Waals surface area contributed by atoms with Gasteiger partial charge in [-0.05, 0) is 108 Å². The van der Waals surface area contributed by atoms with E-state index < -0.39 is 35.5 Å². The van der Waals surface area contributed by atoms with Crippen molar-refractivity contribution in [3.63, 3.8) is 0 Å². The molecule has 3 fully saturated rings. The maximum atomic E-state index is 14.9. The van der Waals surface area contributed by atoms with Crippen molar-refractivity contribution in [2.45, 2.75) is 18.8 Å². The number of ether oxygens (including phenoxy) is 6. The van der Waals surface area contributed by atoms with Crippen LogP contribution in [-0.2, 0) is 19.2 Å². The Kier molecular flexibility index (Phi) is 12.1. The van der Waals surface area contributed by atoms with Crippen LogP contribution in [0.15, 0.2) is 109 Å². The van der Waals surface area contributed by atoms with Gasteiger partial charge in [-0.3, -0.25) is 29.0 Å². The average Bonchev–Trinajstić information content (AvgIpc) is 3.77. The van der Waals surface area contributed by atoms with Gasteiger partial charge in [0.15, 0.2) is 11.5 Å². The second-order valence-corrected chi connectivity index (χ2v) is 16.9. The van der Waals surface area contributed by atoms with Crippen molar-refractivity contribution in [2.75, 3.05) is 52.5 Å². The SMILES string of the molecule is COc1ccc(OC)c(C=Cc2ccc(N3C(=O)[C@H]4[C@H](CC=C5[C@H]4C[C@H]4C(=O)N(c6ccc(C=Cc7cc(OC)ccc7OC)cc6)C(=O)[C@H]4[C@H]5c4cc(OC)c(O)c(OC)c4)C3=O)cc2)c1. The largest absolute Gasteiger partial charge is 0.502 e. The first kappa shape index (κ1) is 44.4. The number of aromatic hydroxyl groups is 1. The van der Waals surface area contributed by atoms with Gasteiger partial charge in [0.2, 0.25) is 29.4 Å². The van der Waals surface area contributed by atoms with Crippen molar-refractivity contribution in [3.05, 3.63) is 137 Å². The van der Waals surface area contributed by atoms with Gasteiger partial charge in [-0.15, -0.1) is 0 Å². The molecule has 0 radical (unpaired) electrons. The molecular formula is C54H50N2O11. The molecule has 2 heterocycles. The third-order valence-electron chi connectivity index (χ3n) is 13.6. The fraction of sp³-hybridized carbons (Fsp3) is 0.259. The average molecular weight is 903 g/mol. The lowest BCUT2D eigenvalue weighted by atomic mass is 9.57. The minimum absolute atomic E-state index is 0.130. The highest BCUT2D eigenvalue weighted by atomic mass is 16.5. The van der Waals surface area contributed by atoms with Crippen LogP contribution in [0.25, 0.3) is 24.3 Å². The number of hydrogen-bond acceptors (Lipinski definition) is 11. The van der Waals surface area contributed by atoms with E-state index in [-0.39, 0.29) is 53.7 Å². The Hall–Kier alpha value is -7.80. The van der Waals surface area contributed by atoms with E-state index in [9.17, 15) is 24.3 Å². The van der Waals surface area contributed by atoms with E-state index in [0.29, 0.717) is 39.9 Å². The van der Waals surface area contributed by atoms with E-state index in [2.05, 4.69) is 0 Å². The molecule has 0 unspecified atom stereocenters. The first-order valence-electron chi connectivity index (χ1n) is 21.9. The number of rotatable bonds is 13. The van der Waals surface area contributed by atoms with E-state index >= 15 is 0 Å². The molecule has 5 aromatic rings. The van der Waals surface area contributed by atoms with Gasteiger partial charge in [-0.2, -0.15) is 0 Å². The number of nitrogens with zero attached hydrogens (tertiary/aromatic N) is 2. The third-order valence-corrected chi connectivity index (χ3v) is 13.6. The number of phenols is 1. The van der Waals surface area contributed by atoms with E-state index in [1.165, 1.54) is 24.0 Å². The van der Waals surface area contributed by atoms with Gasteiger partial charge in [0.05, 0.1) is 77.7 Å². The quantitative estimate of drug-likeness (QED) is 0.0686. The Morgan fingerprint density at radius 1 is 0.493 bits per heavy atom. The molecule has 1 saturated carbocycles. The van der Waals surface area contributed by atoms with Gasteiger partial charge in [-0.1, -0.05) is 60.2 Å². The Bertz CT molecular complexity index is 2840. The Morgan fingerprint density at radius 3 is 1.42 bits per heavy atom. The number of hydrogen-bond donors (Lipinski definition) is 1. The third kappa shape index (κ3) is 7.83. The summed E-state index contributed by atoms with van der Waals surface area (Å²) in [6.45, 7) is 0. The number of anilines is 2. The van der Waals surface area contributed by atoms with Crippen molar-refractivity contribution < 1.29 is 52.7 Å². The van der Waals surface area contributed by atoms with Gasteiger partial charge in [0.1, 0.15) is 23.0 Å². The number of carbonyl (C=O) groups excluding carboxylic acids is 4. The minimum Gasteiger partial charge on any atom is -0.502 e. The molecule has 13 heteroatoms. The lowest BCUT2D eigenvalue weighted by Gasteiger charge is -2.44. The van der Waals surface area contributed by atoms with E-state index in [1.54, 1.807) is 64.8 Å². The number of methoxy groups -OCH3 is 6. The summed E-state index contributed by atoms with van der Waals surface area (Å²) >= 11 is 0. The van der Waals surface area contributed by atoms with Crippen molar-refractivity contribution in [2.24, 2.45) is 29.6 Å². The van der Waals surface area contributed by atoms with Gasteiger partial charge < -0.3 is 33.5 Å². The molecule has 0 bridgehead atoms. The lowest BCUT2D eigenvalue weighted by molar-refractivity contribution is -0.126. The molecule has 2 aliphatic carbocycles. The first-order valence-corrected chi connectivity index (χ1v) is 21.9. The molecule has 0 aromatic heterocycles. The summed E-state index contributed by atoms with van der Waals surface area (Å²) in [4.78, 5) is 61.3. The summed E-state index contributed by atoms with van der Waals surface area (Å²) in [5, 5.41) is 10.9. The fourth-order valence-corrected chi connectivity index (χ4v) is 10.3. The molecule has 4 amide bonds. The zero-order chi connectivity index (χ0) is 47.1. The second-order valence-electron chi connectivity index (χ2n) is 16.9. The highest BCUT2D eigenvalue weighted by molar-refractivity contribution is 6.24. The highest BCUT2D eigenvalue weighted by Crippen LogP contribution is 2.59. The van der Waals surface area contributed by atoms with Crippen LogP contribution in [0.5, 0.6) is 40.2 Å². The number of benzene rings is 5. The van der Waals surface area contributed by atoms with Crippen molar-refractivity contribution in [1.29, 1.82) is 0 Å². The Balaban J connectivity index is 1.03. The standard InChI is InChI=1S/C54H50N2O11/c1-62-37-19-23-43(64-3)32(25-37)13-7-30-9-15-35(16-10-30)55-51(58)40-22-21-39-41(48(40)53(55)60)29-42-49(47(39)34-27-45(66-5)50(57)46(28-34)67-6)54(61)56(52(42)59)36-17-11-31(12-18-36)8-14-33-26-38(63-2)20-24-44(33)65-4/h7-21,23-28,40-42,47-49,57H,22,29H2,1-6H3/t40-,41+,42+,47-,48-,49+/m0/s1. The Labute approximate surface area is 388 Å². The van der Waals surface area contributed by atoms with E-state index in [4.69, 9.17) is 28.4 Å². The van der Waals surface area contributed by atoms with Gasteiger partial charge in [0.25, 0.3) is 0 Å². The van der Waals surface area contributed by atoms with Gasteiger partial charge in [0, 0.05) is 17.0 Å². The molecule has 2 saturated heterocycles. The zero-order valence-electron chi connectivity index (χ0n) is 37.9. The molecule has 13 nitrogen and oxygen atoms in total. The number of fused-ring (bicyclic) bond motifs is 4. The maximum absolute atomic E-state index is 14.9. The molecule has 2 aliphatic heterocycles. The lowest BCUT2D eigenvalue weighted by Crippen LogP contribution is -2.43. The molecular weight excluding hydrogens is 853 g/mol. The smallest absolute Gasteiger partial charge is 0.238 e. The summed E-state index contributed by atoms with van der Waals surface area (Å²) in [7, 11) is 9.24. The minimum atomic E-state index is -0.855. The molecule has 5 aromatic carbocycles. The van der Waals surface area contributed by atoms with Crippen LogP contribution in [0, 0.1) is 29.6 Å². The molecule has 9 rings (SSSR count). The van der Waals surface area contributed by atoms with Gasteiger partial charge in [-0.25, -0.2) is 0 Å². The van der Waals surface area contributed by atoms with Crippen LogP contribution in [0.1, 0.15) is 46.6 Å². The molecule has 67 heavy (non-hydrogen) atoms. The van der Waals surface area contributed by atoms with Crippen LogP contribution in [0.4, 0.5) is 11.4 Å². The topological polar surface area (TPSA) is 150 Å². The monoisotopic (exact) mass is 902 g/mol. The predicted octanol–water partition coefficient (Wildman–Crippen LogP) is 8.83. The van der Waals surface area contributed by atoms with Gasteiger partial charge >= 0.3 is 0 Å². The Morgan fingerprint density at radius 2 is 0.955 bits per heavy atom. The molecule has 1 N–H and O–H groups in total. The maximum Gasteiger partial charge on any atom is 0.238 e. The van der Waals surface area contributed by atoms with Crippen molar-refractivity contribution >= 4 is 59.3 Å².